The van der Waals surface area contributed by atoms with Gasteiger partial charge < -0.3 is 0 Å². The van der Waals surface area contributed by atoms with Crippen molar-refractivity contribution >= 4 is 21.6 Å². The number of hydrogen-bond donors (Lipinski definition) is 0. The van der Waals surface area contributed by atoms with Gasteiger partial charge in [0, 0.05) is 36.7 Å². The van der Waals surface area contributed by atoms with E-state index in [1.165, 1.54) is 17.4 Å². The van der Waals surface area contributed by atoms with Crippen molar-refractivity contribution in [3.8, 4) is 0 Å². The smallest absolute Gasteiger partial charge is 0.211 e. The lowest BCUT2D eigenvalue weighted by molar-refractivity contribution is 0.0222. The van der Waals surface area contributed by atoms with Crippen molar-refractivity contribution in [3.63, 3.8) is 0 Å². The van der Waals surface area contributed by atoms with E-state index in [9.17, 15) is 8.42 Å². The van der Waals surface area contributed by atoms with Crippen molar-refractivity contribution in [3.05, 3.63) is 34.3 Å². The molecule has 0 amide bonds. The molecule has 1 aromatic rings. The minimum Gasteiger partial charge on any atom is -0.296 e. The largest absolute Gasteiger partial charge is 0.296 e. The zero-order valence-electron chi connectivity index (χ0n) is 13.4. The third-order valence-corrected chi connectivity index (χ3v) is 7.34. The molecule has 0 bridgehead atoms. The summed E-state index contributed by atoms with van der Waals surface area (Å²) >= 11 is 6.22. The Kier molecular flexibility index (Phi) is 3.95. The molecule has 3 aliphatic heterocycles. The Bertz CT molecular complexity index is 721. The lowest BCUT2D eigenvalue weighted by Gasteiger charge is -2.51. The highest BCUT2D eigenvalue weighted by Crippen LogP contribution is 2.43. The molecule has 3 atom stereocenters. The summed E-state index contributed by atoms with van der Waals surface area (Å²) in [6.07, 6.45) is 5.44. The minimum absolute atomic E-state index is 0.143. The summed E-state index contributed by atoms with van der Waals surface area (Å²) in [7, 11) is -3.13. The Morgan fingerprint density at radius 3 is 2.87 bits per heavy atom. The molecule has 0 aliphatic carbocycles. The first-order valence-corrected chi connectivity index (χ1v) is 10.7. The first-order chi connectivity index (χ1) is 10.9. The van der Waals surface area contributed by atoms with E-state index >= 15 is 0 Å². The molecule has 0 unspecified atom stereocenters. The van der Waals surface area contributed by atoms with Gasteiger partial charge in [-0.3, -0.25) is 4.90 Å². The van der Waals surface area contributed by atoms with Crippen LogP contribution in [0.3, 0.4) is 0 Å². The number of benzene rings is 1. The van der Waals surface area contributed by atoms with Gasteiger partial charge in [0.15, 0.2) is 0 Å². The molecule has 3 heterocycles. The molecular weight excluding hydrogens is 332 g/mol. The van der Waals surface area contributed by atoms with E-state index in [1.54, 1.807) is 4.31 Å². The molecule has 2 saturated heterocycles. The zero-order chi connectivity index (χ0) is 16.2. The van der Waals surface area contributed by atoms with Crippen LogP contribution < -0.4 is 0 Å². The van der Waals surface area contributed by atoms with Crippen LogP contribution in [0.5, 0.6) is 0 Å². The topological polar surface area (TPSA) is 40.6 Å². The molecule has 0 spiro atoms. The predicted octanol–water partition coefficient (Wildman–Crippen LogP) is 2.68. The second kappa shape index (κ2) is 5.73. The summed E-state index contributed by atoms with van der Waals surface area (Å²) in [4.78, 5) is 2.55. The van der Waals surface area contributed by atoms with Crippen LogP contribution in [-0.2, 0) is 16.4 Å². The average molecular weight is 355 g/mol. The van der Waals surface area contributed by atoms with E-state index in [0.717, 1.165) is 43.8 Å². The van der Waals surface area contributed by atoms with Crippen LogP contribution in [0.4, 0.5) is 0 Å². The summed E-state index contributed by atoms with van der Waals surface area (Å²) in [6.45, 7) is 2.75. The molecule has 0 aromatic heterocycles. The molecular formula is C17H23ClN2O2S. The van der Waals surface area contributed by atoms with E-state index in [-0.39, 0.29) is 6.04 Å². The third-order valence-electron chi connectivity index (χ3n) is 5.80. The molecule has 4 nitrogen and oxygen atoms in total. The lowest BCUT2D eigenvalue weighted by Crippen LogP contribution is -2.57. The van der Waals surface area contributed by atoms with Crippen LogP contribution >= 0.6 is 11.6 Å². The average Bonchev–Trinajstić information content (AvgIpc) is 2.51. The van der Waals surface area contributed by atoms with Gasteiger partial charge in [-0.2, -0.15) is 4.31 Å². The first-order valence-electron chi connectivity index (χ1n) is 8.42. The Morgan fingerprint density at radius 1 is 1.26 bits per heavy atom. The molecule has 23 heavy (non-hydrogen) atoms. The quantitative estimate of drug-likeness (QED) is 0.778. The molecule has 2 fully saturated rings. The van der Waals surface area contributed by atoms with Crippen molar-refractivity contribution in [2.45, 2.75) is 37.8 Å². The highest BCUT2D eigenvalue weighted by Gasteiger charge is 2.44. The van der Waals surface area contributed by atoms with E-state index in [4.69, 9.17) is 11.6 Å². The predicted molar refractivity (Wildman–Crippen MR) is 92.1 cm³/mol. The monoisotopic (exact) mass is 354 g/mol. The second-order valence-electron chi connectivity index (χ2n) is 7.18. The van der Waals surface area contributed by atoms with Crippen LogP contribution in [0.25, 0.3) is 0 Å². The van der Waals surface area contributed by atoms with Gasteiger partial charge in [0.25, 0.3) is 0 Å². The Hall–Kier alpha value is -0.620. The van der Waals surface area contributed by atoms with Crippen LogP contribution in [0.15, 0.2) is 18.2 Å². The fourth-order valence-corrected chi connectivity index (χ4v) is 6.17. The summed E-state index contributed by atoms with van der Waals surface area (Å²) < 4.78 is 26.1. The third kappa shape index (κ3) is 2.82. The maximum atomic E-state index is 12.2. The fraction of sp³-hybridized carbons (Fsp3) is 0.647. The summed E-state index contributed by atoms with van der Waals surface area (Å²) in [5.41, 5.74) is 2.68. The SMILES string of the molecule is CS(=O)(=O)N1CCC[C@@H]2CN3CCc4ccc(Cl)cc4[C@@H]3C[C@@H]21. The van der Waals surface area contributed by atoms with Gasteiger partial charge in [0.1, 0.15) is 0 Å². The fourth-order valence-electron chi connectivity index (χ4n) is 4.78. The van der Waals surface area contributed by atoms with Crippen molar-refractivity contribution in [2.24, 2.45) is 5.92 Å². The van der Waals surface area contributed by atoms with Gasteiger partial charge in [0.05, 0.1) is 6.26 Å². The maximum absolute atomic E-state index is 12.2. The molecule has 6 heteroatoms. The van der Waals surface area contributed by atoms with E-state index in [2.05, 4.69) is 17.0 Å². The van der Waals surface area contributed by atoms with E-state index in [0.29, 0.717) is 18.5 Å². The summed E-state index contributed by atoms with van der Waals surface area (Å²) in [5.74, 6) is 0.468. The normalized spacial score (nSPS) is 32.0. The maximum Gasteiger partial charge on any atom is 0.211 e. The second-order valence-corrected chi connectivity index (χ2v) is 9.55. The van der Waals surface area contributed by atoms with Crippen LogP contribution in [0, 0.1) is 5.92 Å². The summed E-state index contributed by atoms with van der Waals surface area (Å²) in [5, 5.41) is 0.774. The van der Waals surface area contributed by atoms with Gasteiger partial charge in [-0.15, -0.1) is 0 Å². The zero-order valence-corrected chi connectivity index (χ0v) is 15.0. The number of piperidine rings is 2. The molecule has 0 saturated carbocycles. The number of sulfonamides is 1. The molecule has 0 radical (unpaired) electrons. The first kappa shape index (κ1) is 15.9. The van der Waals surface area contributed by atoms with Crippen molar-refractivity contribution in [1.29, 1.82) is 0 Å². The van der Waals surface area contributed by atoms with Gasteiger partial charge in [0.2, 0.25) is 10.0 Å². The highest BCUT2D eigenvalue weighted by molar-refractivity contribution is 7.88. The van der Waals surface area contributed by atoms with Crippen LogP contribution in [0.2, 0.25) is 5.02 Å². The molecule has 4 rings (SSSR count). The van der Waals surface area contributed by atoms with Crippen LogP contribution in [-0.4, -0.2) is 49.6 Å². The number of hydrogen-bond acceptors (Lipinski definition) is 3. The molecule has 0 N–H and O–H groups in total. The van der Waals surface area contributed by atoms with Gasteiger partial charge in [-0.05, 0) is 54.9 Å². The number of halogens is 1. The highest BCUT2D eigenvalue weighted by atomic mass is 35.5. The minimum atomic E-state index is -3.13. The standard InChI is InChI=1S/C17H23ClN2O2S/c1-23(21,22)20-7-2-3-13-11-19-8-6-12-4-5-14(18)9-15(12)17(19)10-16(13)20/h4-5,9,13,16-17H,2-3,6-8,10-11H2,1H3/t13-,16+,17+/m1/s1. The molecule has 3 aliphatic rings. The van der Waals surface area contributed by atoms with E-state index in [1.807, 2.05) is 6.07 Å². The lowest BCUT2D eigenvalue weighted by atomic mass is 9.77. The number of rotatable bonds is 1. The van der Waals surface area contributed by atoms with Gasteiger partial charge in [-0.1, -0.05) is 17.7 Å². The van der Waals surface area contributed by atoms with Crippen molar-refractivity contribution < 1.29 is 8.42 Å². The van der Waals surface area contributed by atoms with Gasteiger partial charge >= 0.3 is 0 Å². The Morgan fingerprint density at radius 2 is 2.09 bits per heavy atom. The number of fused-ring (bicyclic) bond motifs is 4. The Labute approximate surface area is 143 Å². The Balaban J connectivity index is 1.69. The van der Waals surface area contributed by atoms with Gasteiger partial charge in [-0.25, -0.2) is 8.42 Å². The van der Waals surface area contributed by atoms with E-state index < -0.39 is 10.0 Å². The summed E-state index contributed by atoms with van der Waals surface area (Å²) in [6, 6.07) is 6.63. The van der Waals surface area contributed by atoms with Crippen molar-refractivity contribution in [1.82, 2.24) is 9.21 Å². The number of nitrogens with zero attached hydrogens (tertiary/aromatic N) is 2. The molecule has 1 aromatic carbocycles. The van der Waals surface area contributed by atoms with Crippen LogP contribution in [0.1, 0.15) is 36.4 Å². The molecule has 126 valence electrons. The van der Waals surface area contributed by atoms with Crippen molar-refractivity contribution in [2.75, 3.05) is 25.9 Å².